The summed E-state index contributed by atoms with van der Waals surface area (Å²) >= 11 is 8.83. The van der Waals surface area contributed by atoms with Gasteiger partial charge in [-0.05, 0) is 78.6 Å². The van der Waals surface area contributed by atoms with Crippen molar-refractivity contribution in [2.24, 2.45) is 21.1 Å². The molecule has 6 aromatic rings. The van der Waals surface area contributed by atoms with E-state index in [0.717, 1.165) is 79.5 Å². The zero-order chi connectivity index (χ0) is 37.2. The Morgan fingerprint density at radius 2 is 1.79 bits per heavy atom. The van der Waals surface area contributed by atoms with E-state index >= 15 is 0 Å². The molecule has 0 saturated heterocycles. The number of hydrogen-bond donors (Lipinski definition) is 1. The average molecular weight is 760 g/mol. The summed E-state index contributed by atoms with van der Waals surface area (Å²) in [4.78, 5) is 12.9. The first-order chi connectivity index (χ1) is 25.6. The fourth-order valence-electron chi connectivity index (χ4n) is 7.52. The van der Waals surface area contributed by atoms with Crippen LogP contribution in [0.3, 0.4) is 0 Å². The van der Waals surface area contributed by atoms with Crippen LogP contribution in [-0.2, 0) is 67.8 Å². The number of carboxylic acids is 1. The first-order valence-electron chi connectivity index (χ1n) is 17.7. The number of nitrogens with zero attached hydrogens (tertiary/aromatic N) is 5. The van der Waals surface area contributed by atoms with E-state index < -0.39 is 5.97 Å². The number of carbonyl (C=O) groups is 1. The molecule has 0 atom stereocenters. The molecule has 1 aliphatic rings. The lowest BCUT2D eigenvalue weighted by atomic mass is 9.99. The van der Waals surface area contributed by atoms with Gasteiger partial charge >= 0.3 is 5.97 Å². The molecule has 3 aromatic carbocycles. The number of fused-ring (bicyclic) bond motifs is 8. The topological polar surface area (TPSA) is 106 Å². The van der Waals surface area contributed by atoms with Crippen molar-refractivity contribution in [1.29, 1.82) is 0 Å². The molecule has 0 fully saturated rings. The van der Waals surface area contributed by atoms with Crippen LogP contribution >= 0.6 is 23.4 Å². The van der Waals surface area contributed by atoms with Gasteiger partial charge in [-0.25, -0.2) is 9.18 Å². The zero-order valence-electron chi connectivity index (χ0n) is 30.4. The number of aromatic carboxylic acids is 1. The van der Waals surface area contributed by atoms with Gasteiger partial charge in [0.05, 0.1) is 54.0 Å². The molecule has 53 heavy (non-hydrogen) atoms. The molecule has 1 aliphatic heterocycles. The maximum absolute atomic E-state index is 14.4. The van der Waals surface area contributed by atoms with E-state index in [1.165, 1.54) is 12.1 Å². The normalized spacial score (nSPS) is 14.0. The summed E-state index contributed by atoms with van der Waals surface area (Å²) in [6.07, 6.45) is 3.10. The van der Waals surface area contributed by atoms with Crippen LogP contribution in [0, 0.1) is 5.82 Å². The summed E-state index contributed by atoms with van der Waals surface area (Å²) in [6, 6.07) is 14.7. The molecule has 8 bridgehead atoms. The third-order valence-corrected chi connectivity index (χ3v) is 11.3. The van der Waals surface area contributed by atoms with E-state index in [0.29, 0.717) is 68.0 Å². The highest BCUT2D eigenvalue weighted by Gasteiger charge is 2.28. The summed E-state index contributed by atoms with van der Waals surface area (Å²) in [5.41, 5.74) is 8.31. The van der Waals surface area contributed by atoms with E-state index in [9.17, 15) is 14.3 Å². The Morgan fingerprint density at radius 3 is 2.60 bits per heavy atom. The van der Waals surface area contributed by atoms with Crippen molar-refractivity contribution in [3.8, 4) is 17.0 Å². The Labute approximate surface area is 316 Å². The Kier molecular flexibility index (Phi) is 11.1. The van der Waals surface area contributed by atoms with Gasteiger partial charge in [-0.3, -0.25) is 9.36 Å². The number of hydrogen-bond acceptors (Lipinski definition) is 7. The van der Waals surface area contributed by atoms with Crippen molar-refractivity contribution in [1.82, 2.24) is 24.1 Å². The van der Waals surface area contributed by atoms with Gasteiger partial charge in [0.25, 0.3) is 0 Å². The van der Waals surface area contributed by atoms with Crippen LogP contribution in [0.1, 0.15) is 50.7 Å². The van der Waals surface area contributed by atoms with Gasteiger partial charge in [-0.2, -0.15) is 22.0 Å². The Bertz CT molecular complexity index is 2310. The van der Waals surface area contributed by atoms with Gasteiger partial charge in [0, 0.05) is 73.8 Å². The molecule has 278 valence electrons. The third kappa shape index (κ3) is 7.55. The van der Waals surface area contributed by atoms with Crippen molar-refractivity contribution < 1.29 is 28.5 Å². The summed E-state index contributed by atoms with van der Waals surface area (Å²) in [5.74, 6) is 0.672. The number of benzene rings is 3. The SMILES string of the molecule is COCCOCCc1nn(C)c2c1CSCc1cc(n(C)n1)CCc1cc(c3ccc(F)cc3c1)OCCCc1c(C(=O)O)n(C)c3c-2c(Cl)ccc13. The third-order valence-electron chi connectivity index (χ3n) is 9.95. The Hall–Kier alpha value is -4.36. The minimum absolute atomic E-state index is 0.212. The number of thioether (sulfide) groups is 1. The maximum atomic E-state index is 14.4. The molecule has 1 N–H and O–H groups in total. The monoisotopic (exact) mass is 759 g/mol. The Balaban J connectivity index is 1.34. The predicted octanol–water partition coefficient (Wildman–Crippen LogP) is 7.71. The second-order valence-corrected chi connectivity index (χ2v) is 14.8. The van der Waals surface area contributed by atoms with Crippen LogP contribution in [-0.4, -0.2) is 68.7 Å². The number of rotatable bonds is 7. The smallest absolute Gasteiger partial charge is 0.352 e. The number of halogens is 2. The number of ether oxygens (including phenoxy) is 3. The minimum atomic E-state index is -1.01. The quantitative estimate of drug-likeness (QED) is 0.165. The van der Waals surface area contributed by atoms with Crippen molar-refractivity contribution in [3.05, 3.63) is 98.8 Å². The van der Waals surface area contributed by atoms with Gasteiger partial charge in [0.15, 0.2) is 0 Å². The van der Waals surface area contributed by atoms with Crippen molar-refractivity contribution >= 4 is 51.0 Å². The molecule has 0 saturated carbocycles. The molecule has 0 aliphatic carbocycles. The van der Waals surface area contributed by atoms with Crippen LogP contribution in [0.5, 0.6) is 5.75 Å². The van der Waals surface area contributed by atoms with E-state index in [1.54, 1.807) is 36.6 Å². The molecular formula is C40H43ClFN5O5S. The van der Waals surface area contributed by atoms with Gasteiger partial charge in [0.1, 0.15) is 17.3 Å². The van der Waals surface area contributed by atoms with Crippen LogP contribution in [0.2, 0.25) is 5.02 Å². The summed E-state index contributed by atoms with van der Waals surface area (Å²) in [7, 11) is 7.31. The second kappa shape index (κ2) is 15.9. The lowest BCUT2D eigenvalue weighted by molar-refractivity contribution is 0.0685. The summed E-state index contributed by atoms with van der Waals surface area (Å²) in [5, 5.41) is 23.3. The van der Waals surface area contributed by atoms with Gasteiger partial charge < -0.3 is 23.9 Å². The molecule has 3 aromatic heterocycles. The fraction of sp³-hybridized carbons (Fsp3) is 0.375. The fourth-order valence-corrected chi connectivity index (χ4v) is 8.72. The molecule has 7 rings (SSSR count). The standard InChI is InChI=1S/C40H43ClFN5O5S/c1-45-37-31-11-12-33(41)36(37)38-32(34(44-47(38)3)13-15-51-17-16-50-4)23-53-22-27-21-28(46(2)43-27)9-7-24-18-25-20-26(42)8-10-29(25)35(19-24)52-14-5-6-30(31)39(45)40(48)49/h8,10-12,18-21H,5-7,9,13-17,22-23H2,1-4H3,(H,48,49). The molecule has 0 unspecified atom stereocenters. The van der Waals surface area contributed by atoms with Crippen LogP contribution in [0.4, 0.5) is 4.39 Å². The van der Waals surface area contributed by atoms with Gasteiger partial charge in [0.2, 0.25) is 0 Å². The number of aromatic nitrogens is 5. The van der Waals surface area contributed by atoms with E-state index in [2.05, 4.69) is 6.07 Å². The zero-order valence-corrected chi connectivity index (χ0v) is 31.9. The minimum Gasteiger partial charge on any atom is -0.493 e. The van der Waals surface area contributed by atoms with Gasteiger partial charge in [-0.1, -0.05) is 23.7 Å². The first kappa shape index (κ1) is 37.0. The van der Waals surface area contributed by atoms with E-state index in [-0.39, 0.29) is 11.5 Å². The largest absolute Gasteiger partial charge is 0.493 e. The van der Waals surface area contributed by atoms with Crippen LogP contribution in [0.25, 0.3) is 32.9 Å². The number of methoxy groups -OCH3 is 1. The van der Waals surface area contributed by atoms with Crippen LogP contribution < -0.4 is 4.74 Å². The lowest BCUT2D eigenvalue weighted by Crippen LogP contribution is -2.09. The Morgan fingerprint density at radius 1 is 0.962 bits per heavy atom. The highest BCUT2D eigenvalue weighted by Crippen LogP contribution is 2.42. The molecular weight excluding hydrogens is 717 g/mol. The number of aryl methyl sites for hydroxylation is 6. The lowest BCUT2D eigenvalue weighted by Gasteiger charge is -2.13. The number of carboxylic acid groups (broad SMARTS) is 1. The second-order valence-electron chi connectivity index (χ2n) is 13.4. The molecule has 0 spiro atoms. The maximum Gasteiger partial charge on any atom is 0.352 e. The average Bonchev–Trinajstić information content (AvgIpc) is 3.74. The van der Waals surface area contributed by atoms with E-state index in [4.69, 9.17) is 36.0 Å². The molecule has 10 nitrogen and oxygen atoms in total. The summed E-state index contributed by atoms with van der Waals surface area (Å²) in [6.45, 7) is 1.82. The molecule has 13 heteroatoms. The van der Waals surface area contributed by atoms with Gasteiger partial charge in [-0.15, -0.1) is 0 Å². The first-order valence-corrected chi connectivity index (χ1v) is 19.3. The van der Waals surface area contributed by atoms with E-state index in [1.807, 2.05) is 47.7 Å². The highest BCUT2D eigenvalue weighted by molar-refractivity contribution is 7.97. The molecule has 0 radical (unpaired) electrons. The van der Waals surface area contributed by atoms with Crippen molar-refractivity contribution in [2.45, 2.75) is 43.6 Å². The van der Waals surface area contributed by atoms with Crippen molar-refractivity contribution in [2.75, 3.05) is 33.5 Å². The van der Waals surface area contributed by atoms with Crippen molar-refractivity contribution in [3.63, 3.8) is 0 Å². The van der Waals surface area contributed by atoms with Crippen LogP contribution in [0.15, 0.2) is 48.5 Å². The summed E-state index contributed by atoms with van der Waals surface area (Å²) < 4.78 is 37.3. The highest BCUT2D eigenvalue weighted by atomic mass is 35.5. The molecule has 4 heterocycles. The molecule has 0 amide bonds. The predicted molar refractivity (Wildman–Crippen MR) is 207 cm³/mol.